The Kier molecular flexibility index (Phi) is 3.37. The number of nitro groups is 1. The zero-order valence-corrected chi connectivity index (χ0v) is 8.16. The number of aliphatic carboxylic acids is 1. The first-order chi connectivity index (χ1) is 7.00. The standard InChI is InChI=1S/C8H11N3O4/c1-6(2-3-8(12)13)10-5-4-7(9-10)11(14)15/h4-6H,2-3H2,1H3,(H,12,13). The highest BCUT2D eigenvalue weighted by Gasteiger charge is 2.15. The number of carboxylic acids is 1. The SMILES string of the molecule is CC(CCC(=O)O)n1ccc([N+](=O)[O-])n1. The van der Waals surface area contributed by atoms with Crippen molar-refractivity contribution in [2.24, 2.45) is 0 Å². The molecule has 1 heterocycles. The fourth-order valence-electron chi connectivity index (χ4n) is 1.14. The highest BCUT2D eigenvalue weighted by atomic mass is 16.6. The van der Waals surface area contributed by atoms with E-state index in [4.69, 9.17) is 5.11 Å². The molecule has 15 heavy (non-hydrogen) atoms. The topological polar surface area (TPSA) is 98.3 Å². The number of carboxylic acid groups (broad SMARTS) is 1. The van der Waals surface area contributed by atoms with Crippen LogP contribution in [0.4, 0.5) is 5.82 Å². The fraction of sp³-hybridized carbons (Fsp3) is 0.500. The second-order valence-electron chi connectivity index (χ2n) is 3.19. The number of carbonyl (C=O) groups is 1. The van der Waals surface area contributed by atoms with Crippen LogP contribution in [0, 0.1) is 10.1 Å². The molecule has 82 valence electrons. The Morgan fingerprint density at radius 3 is 2.93 bits per heavy atom. The smallest absolute Gasteiger partial charge is 0.389 e. The van der Waals surface area contributed by atoms with E-state index in [2.05, 4.69) is 5.10 Å². The molecule has 0 bridgehead atoms. The van der Waals surface area contributed by atoms with Crippen LogP contribution in [0.3, 0.4) is 0 Å². The van der Waals surface area contributed by atoms with Gasteiger partial charge in [0.1, 0.15) is 0 Å². The first kappa shape index (κ1) is 11.2. The van der Waals surface area contributed by atoms with Gasteiger partial charge in [-0.3, -0.25) is 4.79 Å². The monoisotopic (exact) mass is 213 g/mol. The van der Waals surface area contributed by atoms with Crippen LogP contribution in [0.25, 0.3) is 0 Å². The van der Waals surface area contributed by atoms with Gasteiger partial charge in [-0.25, -0.2) is 0 Å². The van der Waals surface area contributed by atoms with Gasteiger partial charge in [0.05, 0.1) is 23.4 Å². The molecule has 0 aliphatic carbocycles. The third-order valence-corrected chi connectivity index (χ3v) is 2.01. The van der Waals surface area contributed by atoms with Crippen LogP contribution >= 0.6 is 0 Å². The Balaban J connectivity index is 2.61. The molecule has 0 saturated carbocycles. The van der Waals surface area contributed by atoms with E-state index in [1.165, 1.54) is 16.9 Å². The Hall–Kier alpha value is -1.92. The molecule has 0 radical (unpaired) electrons. The average Bonchev–Trinajstić information content (AvgIpc) is 2.62. The molecule has 0 fully saturated rings. The molecule has 1 rings (SSSR count). The number of nitrogens with zero attached hydrogens (tertiary/aromatic N) is 3. The lowest BCUT2D eigenvalue weighted by Gasteiger charge is -2.05. The second-order valence-corrected chi connectivity index (χ2v) is 3.19. The van der Waals surface area contributed by atoms with Crippen LogP contribution in [0.15, 0.2) is 12.3 Å². The van der Waals surface area contributed by atoms with E-state index in [-0.39, 0.29) is 18.3 Å². The van der Waals surface area contributed by atoms with Gasteiger partial charge in [-0.05, 0) is 18.3 Å². The molecule has 0 saturated heterocycles. The normalized spacial score (nSPS) is 12.3. The number of aromatic nitrogens is 2. The summed E-state index contributed by atoms with van der Waals surface area (Å²) in [7, 11) is 0. The summed E-state index contributed by atoms with van der Waals surface area (Å²) in [5.74, 6) is -1.11. The third kappa shape index (κ3) is 3.04. The highest BCUT2D eigenvalue weighted by Crippen LogP contribution is 2.15. The van der Waals surface area contributed by atoms with Crippen LogP contribution in [0.5, 0.6) is 0 Å². The Morgan fingerprint density at radius 2 is 2.47 bits per heavy atom. The summed E-state index contributed by atoms with van der Waals surface area (Å²) < 4.78 is 1.40. The zero-order chi connectivity index (χ0) is 11.4. The van der Waals surface area contributed by atoms with E-state index >= 15 is 0 Å². The lowest BCUT2D eigenvalue weighted by Crippen LogP contribution is -2.08. The van der Waals surface area contributed by atoms with Gasteiger partial charge >= 0.3 is 11.8 Å². The summed E-state index contributed by atoms with van der Waals surface area (Å²) >= 11 is 0. The maximum absolute atomic E-state index is 10.3. The number of hydrogen-bond donors (Lipinski definition) is 1. The van der Waals surface area contributed by atoms with E-state index in [1.807, 2.05) is 0 Å². The van der Waals surface area contributed by atoms with Crippen LogP contribution in [0.1, 0.15) is 25.8 Å². The average molecular weight is 213 g/mol. The number of hydrogen-bond acceptors (Lipinski definition) is 4. The molecule has 1 unspecified atom stereocenters. The predicted molar refractivity (Wildman–Crippen MR) is 50.5 cm³/mol. The van der Waals surface area contributed by atoms with Crippen molar-refractivity contribution in [3.05, 3.63) is 22.4 Å². The molecule has 0 amide bonds. The molecule has 0 spiro atoms. The van der Waals surface area contributed by atoms with Crippen LogP contribution in [0.2, 0.25) is 0 Å². The molecular formula is C8H11N3O4. The molecule has 1 aromatic heterocycles. The maximum Gasteiger partial charge on any atom is 0.389 e. The zero-order valence-electron chi connectivity index (χ0n) is 8.16. The minimum atomic E-state index is -0.886. The molecule has 1 aromatic rings. The van der Waals surface area contributed by atoms with Gasteiger partial charge in [0.25, 0.3) is 0 Å². The molecule has 7 nitrogen and oxygen atoms in total. The van der Waals surface area contributed by atoms with Crippen molar-refractivity contribution in [1.29, 1.82) is 0 Å². The van der Waals surface area contributed by atoms with Gasteiger partial charge in [-0.1, -0.05) is 0 Å². The molecule has 0 aliphatic heterocycles. The predicted octanol–water partition coefficient (Wildman–Crippen LogP) is 1.22. The Bertz CT molecular complexity index is 374. The highest BCUT2D eigenvalue weighted by molar-refractivity contribution is 5.66. The summed E-state index contributed by atoms with van der Waals surface area (Å²) in [5, 5.41) is 22.5. The lowest BCUT2D eigenvalue weighted by atomic mass is 10.2. The largest absolute Gasteiger partial charge is 0.481 e. The van der Waals surface area contributed by atoms with Crippen LogP contribution in [-0.2, 0) is 4.79 Å². The first-order valence-electron chi connectivity index (χ1n) is 4.42. The summed E-state index contributed by atoms with van der Waals surface area (Å²) in [4.78, 5) is 20.1. The molecule has 1 N–H and O–H groups in total. The molecule has 1 atom stereocenters. The van der Waals surface area contributed by atoms with Gasteiger partial charge in [-0.2, -0.15) is 4.68 Å². The van der Waals surface area contributed by atoms with Crippen LogP contribution < -0.4 is 0 Å². The van der Waals surface area contributed by atoms with Crippen molar-refractivity contribution < 1.29 is 14.8 Å². The van der Waals surface area contributed by atoms with E-state index < -0.39 is 10.9 Å². The summed E-state index contributed by atoms with van der Waals surface area (Å²) in [5.41, 5.74) is 0. The van der Waals surface area contributed by atoms with Crippen molar-refractivity contribution in [2.45, 2.75) is 25.8 Å². The minimum absolute atomic E-state index is 0.0226. The van der Waals surface area contributed by atoms with E-state index in [0.717, 1.165) is 0 Å². The van der Waals surface area contributed by atoms with E-state index in [0.29, 0.717) is 6.42 Å². The molecule has 0 aliphatic rings. The summed E-state index contributed by atoms with van der Waals surface area (Å²) in [6, 6.07) is 1.13. The molecular weight excluding hydrogens is 202 g/mol. The summed E-state index contributed by atoms with van der Waals surface area (Å²) in [6.07, 6.45) is 1.90. The van der Waals surface area contributed by atoms with Crippen molar-refractivity contribution in [3.63, 3.8) is 0 Å². The fourth-order valence-corrected chi connectivity index (χ4v) is 1.14. The quantitative estimate of drug-likeness (QED) is 0.585. The van der Waals surface area contributed by atoms with Crippen molar-refractivity contribution >= 4 is 11.8 Å². The van der Waals surface area contributed by atoms with Crippen molar-refractivity contribution in [1.82, 2.24) is 9.78 Å². The van der Waals surface area contributed by atoms with Gasteiger partial charge in [0, 0.05) is 6.42 Å². The Morgan fingerprint density at radius 1 is 1.80 bits per heavy atom. The second kappa shape index (κ2) is 4.54. The van der Waals surface area contributed by atoms with E-state index in [1.54, 1.807) is 6.92 Å². The van der Waals surface area contributed by atoms with Crippen LogP contribution in [-0.4, -0.2) is 25.8 Å². The minimum Gasteiger partial charge on any atom is -0.481 e. The van der Waals surface area contributed by atoms with Gasteiger partial charge < -0.3 is 15.2 Å². The lowest BCUT2D eigenvalue weighted by molar-refractivity contribution is -0.389. The maximum atomic E-state index is 10.3. The Labute approximate surface area is 85.5 Å². The van der Waals surface area contributed by atoms with Gasteiger partial charge in [0.15, 0.2) is 0 Å². The van der Waals surface area contributed by atoms with Gasteiger partial charge in [-0.15, -0.1) is 0 Å². The first-order valence-corrected chi connectivity index (χ1v) is 4.42. The van der Waals surface area contributed by atoms with Crippen molar-refractivity contribution in [3.8, 4) is 0 Å². The molecule has 0 aromatic carbocycles. The third-order valence-electron chi connectivity index (χ3n) is 2.01. The van der Waals surface area contributed by atoms with E-state index in [9.17, 15) is 14.9 Å². The number of rotatable bonds is 5. The summed E-state index contributed by atoms with van der Waals surface area (Å²) in [6.45, 7) is 1.76. The molecule has 7 heteroatoms. The van der Waals surface area contributed by atoms with Crippen molar-refractivity contribution in [2.75, 3.05) is 0 Å². The van der Waals surface area contributed by atoms with Gasteiger partial charge in [0.2, 0.25) is 0 Å².